The first-order valence-electron chi connectivity index (χ1n) is 5.59. The van der Waals surface area contributed by atoms with Gasteiger partial charge in [-0.25, -0.2) is 0 Å². The van der Waals surface area contributed by atoms with Crippen LogP contribution in [0.3, 0.4) is 0 Å². The molecule has 0 saturated carbocycles. The lowest BCUT2D eigenvalue weighted by molar-refractivity contribution is -0.143. The van der Waals surface area contributed by atoms with E-state index in [1.807, 2.05) is 27.7 Å². The number of hydrogen-bond acceptors (Lipinski definition) is 1. The minimum absolute atomic E-state index is 0.0558. The van der Waals surface area contributed by atoms with Gasteiger partial charge in [0.1, 0.15) is 5.75 Å². The number of hydrogen-bond donors (Lipinski definition) is 1. The zero-order chi connectivity index (χ0) is 15.9. The van der Waals surface area contributed by atoms with Gasteiger partial charge in [0.05, 0.1) is 11.1 Å². The average molecular weight is 290 g/mol. The van der Waals surface area contributed by atoms with Gasteiger partial charge >= 0.3 is 12.4 Å². The molecule has 1 N–H and O–H groups in total. The van der Waals surface area contributed by atoms with Crippen molar-refractivity contribution in [1.29, 1.82) is 0 Å². The number of phenols is 1. The van der Waals surface area contributed by atoms with E-state index in [1.54, 1.807) is 0 Å². The number of benzene rings is 1. The van der Waals surface area contributed by atoms with Gasteiger partial charge in [-0.3, -0.25) is 0 Å². The third kappa shape index (κ3) is 6.93. The van der Waals surface area contributed by atoms with Gasteiger partial charge in [-0.15, -0.1) is 0 Å². The van der Waals surface area contributed by atoms with E-state index in [1.165, 1.54) is 0 Å². The molecule has 0 aliphatic rings. The topological polar surface area (TPSA) is 20.2 Å². The van der Waals surface area contributed by atoms with Crippen molar-refractivity contribution in [3.05, 3.63) is 29.3 Å². The SMILES string of the molecule is CC.CC.Oc1cc(C(F)(F)F)cc(C(F)(F)F)c1. The van der Waals surface area contributed by atoms with Crippen LogP contribution in [0.2, 0.25) is 0 Å². The zero-order valence-electron chi connectivity index (χ0n) is 10.9. The number of phenolic OH excluding ortho intramolecular Hbond substituents is 1. The highest BCUT2D eigenvalue weighted by Crippen LogP contribution is 2.37. The number of alkyl halides is 6. The maximum absolute atomic E-state index is 12.1. The Hall–Kier alpha value is -1.40. The molecule has 0 fully saturated rings. The molecule has 0 saturated heterocycles. The Bertz CT molecular complexity index is 335. The average Bonchev–Trinajstić information content (AvgIpc) is 2.31. The van der Waals surface area contributed by atoms with Gasteiger partial charge in [0.25, 0.3) is 0 Å². The summed E-state index contributed by atoms with van der Waals surface area (Å²) in [6.45, 7) is 8.00. The molecule has 0 aliphatic carbocycles. The molecule has 0 bridgehead atoms. The summed E-state index contributed by atoms with van der Waals surface area (Å²) < 4.78 is 72.3. The molecule has 0 atom stereocenters. The summed E-state index contributed by atoms with van der Waals surface area (Å²) in [5.41, 5.74) is -3.07. The normalized spacial score (nSPS) is 10.8. The number of aromatic hydroxyl groups is 1. The molecule has 0 unspecified atom stereocenters. The van der Waals surface area contributed by atoms with E-state index in [0.717, 1.165) is 0 Å². The number of halogens is 6. The first kappa shape index (κ1) is 19.9. The van der Waals surface area contributed by atoms with Crippen molar-refractivity contribution in [2.45, 2.75) is 40.0 Å². The third-order valence-corrected chi connectivity index (χ3v) is 1.57. The van der Waals surface area contributed by atoms with Gasteiger partial charge in [-0.2, -0.15) is 26.3 Å². The monoisotopic (exact) mass is 290 g/mol. The molecule has 0 aliphatic heterocycles. The Kier molecular flexibility index (Phi) is 8.30. The van der Waals surface area contributed by atoms with Crippen LogP contribution in [0.15, 0.2) is 18.2 Å². The summed E-state index contributed by atoms with van der Waals surface area (Å²) in [5.74, 6) is -1.07. The summed E-state index contributed by atoms with van der Waals surface area (Å²) in [5, 5.41) is 8.72. The zero-order valence-corrected chi connectivity index (χ0v) is 10.9. The first-order valence-corrected chi connectivity index (χ1v) is 5.59. The highest BCUT2D eigenvalue weighted by atomic mass is 19.4. The van der Waals surface area contributed by atoms with Gasteiger partial charge in [-0.05, 0) is 18.2 Å². The molecule has 1 aromatic carbocycles. The highest BCUT2D eigenvalue weighted by molar-refractivity contribution is 5.36. The number of rotatable bonds is 0. The van der Waals surface area contributed by atoms with Gasteiger partial charge < -0.3 is 5.11 Å². The third-order valence-electron chi connectivity index (χ3n) is 1.57. The summed E-state index contributed by atoms with van der Waals surface area (Å²) >= 11 is 0. The van der Waals surface area contributed by atoms with Crippen molar-refractivity contribution in [1.82, 2.24) is 0 Å². The molecule has 0 spiro atoms. The van der Waals surface area contributed by atoms with Gasteiger partial charge in [0, 0.05) is 0 Å². The van der Waals surface area contributed by atoms with Crippen molar-refractivity contribution < 1.29 is 31.4 Å². The van der Waals surface area contributed by atoms with Crippen LogP contribution in [0.25, 0.3) is 0 Å². The van der Waals surface area contributed by atoms with E-state index in [-0.39, 0.29) is 18.2 Å². The Morgan fingerprint density at radius 3 is 1.16 bits per heavy atom. The molecular formula is C12H16F6O. The minimum atomic E-state index is -4.92. The standard InChI is InChI=1S/C8H4F6O.2C2H6/c9-7(10,11)4-1-5(8(12,13)14)3-6(15)2-4;2*1-2/h1-3,15H;2*1-2H3. The van der Waals surface area contributed by atoms with E-state index in [2.05, 4.69) is 0 Å². The molecule has 7 heteroatoms. The van der Waals surface area contributed by atoms with Gasteiger partial charge in [0.15, 0.2) is 0 Å². The summed E-state index contributed by atoms with van der Waals surface area (Å²) in [4.78, 5) is 0. The molecule has 0 radical (unpaired) electrons. The van der Waals surface area contributed by atoms with Crippen LogP contribution in [-0.4, -0.2) is 5.11 Å². The summed E-state index contributed by atoms with van der Waals surface area (Å²) in [7, 11) is 0. The van der Waals surface area contributed by atoms with Crippen LogP contribution in [0, 0.1) is 0 Å². The second kappa shape index (κ2) is 7.91. The van der Waals surface area contributed by atoms with Gasteiger partial charge in [0.2, 0.25) is 0 Å². The van der Waals surface area contributed by atoms with E-state index >= 15 is 0 Å². The van der Waals surface area contributed by atoms with Crippen molar-refractivity contribution in [2.24, 2.45) is 0 Å². The Morgan fingerprint density at radius 2 is 0.947 bits per heavy atom. The largest absolute Gasteiger partial charge is 0.508 e. The van der Waals surface area contributed by atoms with Crippen LogP contribution in [0.4, 0.5) is 26.3 Å². The Balaban J connectivity index is 0. The van der Waals surface area contributed by atoms with Crippen LogP contribution in [0.1, 0.15) is 38.8 Å². The molecule has 1 rings (SSSR count). The smallest absolute Gasteiger partial charge is 0.416 e. The quantitative estimate of drug-likeness (QED) is 0.627. The van der Waals surface area contributed by atoms with Crippen molar-refractivity contribution >= 4 is 0 Å². The fraction of sp³-hybridized carbons (Fsp3) is 0.500. The lowest BCUT2D eigenvalue weighted by Crippen LogP contribution is -2.10. The molecular weight excluding hydrogens is 274 g/mol. The predicted octanol–water partition coefficient (Wildman–Crippen LogP) is 5.48. The van der Waals surface area contributed by atoms with Crippen LogP contribution in [-0.2, 0) is 12.4 Å². The first-order chi connectivity index (χ1) is 8.60. The molecule has 19 heavy (non-hydrogen) atoms. The maximum Gasteiger partial charge on any atom is 0.416 e. The van der Waals surface area contributed by atoms with E-state index in [4.69, 9.17) is 5.11 Å². The van der Waals surface area contributed by atoms with E-state index < -0.39 is 29.2 Å². The Labute approximate surface area is 107 Å². The molecule has 0 heterocycles. The van der Waals surface area contributed by atoms with Crippen LogP contribution >= 0.6 is 0 Å². The van der Waals surface area contributed by atoms with Crippen LogP contribution in [0.5, 0.6) is 5.75 Å². The lowest BCUT2D eigenvalue weighted by Gasteiger charge is -2.11. The minimum Gasteiger partial charge on any atom is -0.508 e. The molecule has 1 nitrogen and oxygen atoms in total. The predicted molar refractivity (Wildman–Crippen MR) is 60.8 cm³/mol. The second-order valence-corrected chi connectivity index (χ2v) is 2.76. The fourth-order valence-corrected chi connectivity index (χ4v) is 0.939. The van der Waals surface area contributed by atoms with Crippen LogP contribution < -0.4 is 0 Å². The molecule has 0 aromatic heterocycles. The Morgan fingerprint density at radius 1 is 0.684 bits per heavy atom. The maximum atomic E-state index is 12.1. The van der Waals surface area contributed by atoms with Crippen molar-refractivity contribution in [2.75, 3.05) is 0 Å². The molecule has 0 amide bonds. The van der Waals surface area contributed by atoms with Crippen molar-refractivity contribution in [3.63, 3.8) is 0 Å². The van der Waals surface area contributed by atoms with Gasteiger partial charge in [-0.1, -0.05) is 27.7 Å². The van der Waals surface area contributed by atoms with E-state index in [0.29, 0.717) is 0 Å². The lowest BCUT2D eigenvalue weighted by atomic mass is 10.1. The highest BCUT2D eigenvalue weighted by Gasteiger charge is 2.36. The van der Waals surface area contributed by atoms with E-state index in [9.17, 15) is 26.3 Å². The summed E-state index contributed by atoms with van der Waals surface area (Å²) in [6, 6.07) is 0.407. The summed E-state index contributed by atoms with van der Waals surface area (Å²) in [6.07, 6.45) is -9.84. The molecule has 1 aromatic rings. The van der Waals surface area contributed by atoms with Crippen molar-refractivity contribution in [3.8, 4) is 5.75 Å². The fourth-order valence-electron chi connectivity index (χ4n) is 0.939. The molecule has 112 valence electrons. The second-order valence-electron chi connectivity index (χ2n) is 2.76.